The molecular weight excluding hydrogens is 361 g/mol. The first-order valence-corrected chi connectivity index (χ1v) is 8.66. The molecule has 1 unspecified atom stereocenters. The molecule has 1 aliphatic heterocycles. The summed E-state index contributed by atoms with van der Waals surface area (Å²) in [5, 5.41) is 3.45. The van der Waals surface area contributed by atoms with E-state index in [-0.39, 0.29) is 12.0 Å². The summed E-state index contributed by atoms with van der Waals surface area (Å²) in [6.45, 7) is 0.671. The van der Waals surface area contributed by atoms with E-state index in [2.05, 4.69) is 20.3 Å². The number of halogens is 2. The molecule has 0 bridgehead atoms. The largest absolute Gasteiger partial charge is 0.497 e. The van der Waals surface area contributed by atoms with E-state index in [0.29, 0.717) is 34.2 Å². The number of hydrogen-bond acceptors (Lipinski definition) is 6. The van der Waals surface area contributed by atoms with Crippen molar-refractivity contribution >= 4 is 34.3 Å². The molecule has 2 aromatic heterocycles. The number of nitrogens with zero attached hydrogens (tertiary/aromatic N) is 4. The molecule has 136 valence electrons. The van der Waals surface area contributed by atoms with Gasteiger partial charge in [0, 0.05) is 12.7 Å². The van der Waals surface area contributed by atoms with Gasteiger partial charge in [0.05, 0.1) is 24.1 Å². The summed E-state index contributed by atoms with van der Waals surface area (Å²) >= 11 is 6.25. The molecule has 0 amide bonds. The van der Waals surface area contributed by atoms with E-state index in [1.165, 1.54) is 0 Å². The van der Waals surface area contributed by atoms with Crippen LogP contribution in [0.2, 0.25) is 5.02 Å². The number of aromatic nitrogens is 4. The van der Waals surface area contributed by atoms with E-state index in [0.717, 1.165) is 19.3 Å². The lowest BCUT2D eigenvalue weighted by atomic mass is 10.2. The average molecular weight is 378 g/mol. The number of methoxy groups -OCH3 is 1. The van der Waals surface area contributed by atoms with Gasteiger partial charge in [-0.2, -0.15) is 14.4 Å². The molecule has 1 saturated heterocycles. The van der Waals surface area contributed by atoms with Crippen LogP contribution in [0.5, 0.6) is 5.75 Å². The van der Waals surface area contributed by atoms with E-state index in [4.69, 9.17) is 21.1 Å². The van der Waals surface area contributed by atoms with Crippen LogP contribution in [0.4, 0.5) is 15.9 Å². The summed E-state index contributed by atoms with van der Waals surface area (Å²) in [7, 11) is 1.56. The number of benzene rings is 1. The lowest BCUT2D eigenvalue weighted by molar-refractivity contribution is -0.0298. The zero-order chi connectivity index (χ0) is 18.1. The van der Waals surface area contributed by atoms with E-state index >= 15 is 0 Å². The Labute approximate surface area is 154 Å². The summed E-state index contributed by atoms with van der Waals surface area (Å²) in [6.07, 6.45) is 3.47. The molecular formula is C17H17ClFN5O2. The van der Waals surface area contributed by atoms with Gasteiger partial charge in [0.1, 0.15) is 12.0 Å². The molecule has 26 heavy (non-hydrogen) atoms. The van der Waals surface area contributed by atoms with E-state index in [1.807, 2.05) is 0 Å². The number of fused-ring (bicyclic) bond motifs is 1. The van der Waals surface area contributed by atoms with Crippen LogP contribution in [0.3, 0.4) is 0 Å². The van der Waals surface area contributed by atoms with Gasteiger partial charge in [-0.15, -0.1) is 0 Å². The quantitative estimate of drug-likeness (QED) is 0.691. The lowest BCUT2D eigenvalue weighted by Crippen LogP contribution is -2.18. The van der Waals surface area contributed by atoms with Crippen LogP contribution >= 0.6 is 11.6 Å². The van der Waals surface area contributed by atoms with Crippen molar-refractivity contribution in [2.75, 3.05) is 19.0 Å². The van der Waals surface area contributed by atoms with Gasteiger partial charge in [0.15, 0.2) is 17.0 Å². The SMILES string of the molecule is COc1ccc(Nc2nc(F)nc3c2ncn3C2CCCCO2)c(Cl)c1. The Balaban J connectivity index is 1.72. The Bertz CT molecular complexity index is 942. The van der Waals surface area contributed by atoms with Gasteiger partial charge in [-0.05, 0) is 31.4 Å². The third-order valence-electron chi connectivity index (χ3n) is 4.29. The second-order valence-electron chi connectivity index (χ2n) is 5.96. The molecule has 0 saturated carbocycles. The topological polar surface area (TPSA) is 74.1 Å². The highest BCUT2D eigenvalue weighted by Crippen LogP contribution is 2.32. The smallest absolute Gasteiger partial charge is 0.312 e. The number of ether oxygens (including phenoxy) is 2. The molecule has 0 spiro atoms. The van der Waals surface area contributed by atoms with Gasteiger partial charge >= 0.3 is 6.08 Å². The van der Waals surface area contributed by atoms with Crippen LogP contribution in [0.1, 0.15) is 25.5 Å². The third kappa shape index (κ3) is 3.17. The summed E-state index contributed by atoms with van der Waals surface area (Å²) in [5.41, 5.74) is 1.40. The van der Waals surface area contributed by atoms with Gasteiger partial charge in [-0.3, -0.25) is 4.57 Å². The van der Waals surface area contributed by atoms with Crippen molar-refractivity contribution in [1.82, 2.24) is 19.5 Å². The molecule has 7 nitrogen and oxygen atoms in total. The average Bonchev–Trinajstić information content (AvgIpc) is 3.08. The van der Waals surface area contributed by atoms with Crippen LogP contribution in [0.25, 0.3) is 11.2 Å². The highest BCUT2D eigenvalue weighted by atomic mass is 35.5. The molecule has 3 heterocycles. The fourth-order valence-electron chi connectivity index (χ4n) is 2.98. The van der Waals surface area contributed by atoms with E-state index in [9.17, 15) is 4.39 Å². The molecule has 9 heteroatoms. The fourth-order valence-corrected chi connectivity index (χ4v) is 3.20. The number of nitrogens with one attached hydrogen (secondary N) is 1. The molecule has 4 rings (SSSR count). The highest BCUT2D eigenvalue weighted by molar-refractivity contribution is 6.33. The third-order valence-corrected chi connectivity index (χ3v) is 4.60. The normalized spacial score (nSPS) is 17.4. The van der Waals surface area contributed by atoms with Crippen molar-refractivity contribution in [1.29, 1.82) is 0 Å². The number of hydrogen-bond donors (Lipinski definition) is 1. The Morgan fingerprint density at radius 1 is 1.35 bits per heavy atom. The summed E-state index contributed by atoms with van der Waals surface area (Å²) < 4.78 is 26.7. The van der Waals surface area contributed by atoms with Crippen LogP contribution in [-0.2, 0) is 4.74 Å². The molecule has 1 atom stereocenters. The molecule has 1 N–H and O–H groups in total. The van der Waals surface area contributed by atoms with Crippen LogP contribution in [-0.4, -0.2) is 33.2 Å². The maximum Gasteiger partial charge on any atom is 0.312 e. The molecule has 0 radical (unpaired) electrons. The summed E-state index contributed by atoms with van der Waals surface area (Å²) in [6, 6.07) is 5.14. The Kier molecular flexibility index (Phi) is 4.60. The Morgan fingerprint density at radius 2 is 2.23 bits per heavy atom. The zero-order valence-corrected chi connectivity index (χ0v) is 14.8. The van der Waals surface area contributed by atoms with Gasteiger partial charge in [0.25, 0.3) is 0 Å². The van der Waals surface area contributed by atoms with Gasteiger partial charge in [0.2, 0.25) is 0 Å². The minimum Gasteiger partial charge on any atom is -0.497 e. The predicted molar refractivity (Wildman–Crippen MR) is 95.4 cm³/mol. The first-order valence-electron chi connectivity index (χ1n) is 8.28. The van der Waals surface area contributed by atoms with Crippen molar-refractivity contribution in [2.24, 2.45) is 0 Å². The Morgan fingerprint density at radius 3 is 2.96 bits per heavy atom. The minimum atomic E-state index is -0.845. The van der Waals surface area contributed by atoms with Crippen molar-refractivity contribution < 1.29 is 13.9 Å². The first-order chi connectivity index (χ1) is 12.7. The maximum atomic E-state index is 14.0. The van der Waals surface area contributed by atoms with Gasteiger partial charge in [-0.25, -0.2) is 4.98 Å². The second kappa shape index (κ2) is 7.05. The lowest BCUT2D eigenvalue weighted by Gasteiger charge is -2.23. The Hall–Kier alpha value is -2.45. The van der Waals surface area contributed by atoms with Gasteiger partial charge < -0.3 is 14.8 Å². The zero-order valence-electron chi connectivity index (χ0n) is 14.1. The molecule has 3 aromatic rings. The van der Waals surface area contributed by atoms with E-state index < -0.39 is 6.08 Å². The minimum absolute atomic E-state index is 0.194. The fraction of sp³-hybridized carbons (Fsp3) is 0.353. The summed E-state index contributed by atoms with van der Waals surface area (Å²) in [4.78, 5) is 12.1. The predicted octanol–water partition coefficient (Wildman–Crippen LogP) is 4.07. The standard InChI is InChI=1S/C17H17ClFN5O2/c1-25-10-5-6-12(11(18)8-10)21-15-14-16(23-17(19)22-15)24(9-20-14)13-4-2-3-7-26-13/h5-6,8-9,13H,2-4,7H2,1H3,(H,21,22,23). The van der Waals surface area contributed by atoms with Crippen molar-refractivity contribution in [3.8, 4) is 5.75 Å². The monoisotopic (exact) mass is 377 g/mol. The van der Waals surface area contributed by atoms with Crippen molar-refractivity contribution in [2.45, 2.75) is 25.5 Å². The van der Waals surface area contributed by atoms with Gasteiger partial charge in [-0.1, -0.05) is 11.6 Å². The van der Waals surface area contributed by atoms with Crippen LogP contribution in [0.15, 0.2) is 24.5 Å². The van der Waals surface area contributed by atoms with Crippen molar-refractivity contribution in [3.05, 3.63) is 35.6 Å². The molecule has 1 aromatic carbocycles. The van der Waals surface area contributed by atoms with Crippen molar-refractivity contribution in [3.63, 3.8) is 0 Å². The second-order valence-corrected chi connectivity index (χ2v) is 6.36. The van der Waals surface area contributed by atoms with Crippen LogP contribution in [0, 0.1) is 6.08 Å². The molecule has 1 aliphatic rings. The summed E-state index contributed by atoms with van der Waals surface area (Å²) in [5.74, 6) is 0.868. The van der Waals surface area contributed by atoms with E-state index in [1.54, 1.807) is 36.2 Å². The molecule has 0 aliphatic carbocycles. The maximum absolute atomic E-state index is 14.0. The number of anilines is 2. The molecule has 1 fully saturated rings. The first kappa shape index (κ1) is 17.0. The highest BCUT2D eigenvalue weighted by Gasteiger charge is 2.21. The number of rotatable bonds is 4. The number of imidazole rings is 1. The van der Waals surface area contributed by atoms with Crippen LogP contribution < -0.4 is 10.1 Å².